The Hall–Kier alpha value is -1.06. The van der Waals surface area contributed by atoms with Crippen LogP contribution in [-0.2, 0) is 17.8 Å². The number of nitrogens with two attached hydrogens (primary N) is 1. The molecule has 3 rings (SSSR count). The van der Waals surface area contributed by atoms with Crippen molar-refractivity contribution < 1.29 is 4.79 Å². The molecule has 3 nitrogen and oxygen atoms in total. The smallest absolute Gasteiger partial charge is 0.226 e. The first-order valence-corrected chi connectivity index (χ1v) is 7.78. The molecule has 2 aliphatic rings. The molecule has 1 fully saturated rings. The molecule has 116 valence electrons. The molecule has 21 heavy (non-hydrogen) atoms. The highest BCUT2D eigenvalue weighted by Gasteiger charge is 2.37. The van der Waals surface area contributed by atoms with Gasteiger partial charge < -0.3 is 10.6 Å². The Kier molecular flexibility index (Phi) is 5.28. The lowest BCUT2D eigenvalue weighted by molar-refractivity contribution is -0.139. The fraction of sp³-hybridized carbons (Fsp3) is 0.588. The van der Waals surface area contributed by atoms with E-state index in [0.717, 1.165) is 32.2 Å². The Morgan fingerprint density at radius 3 is 2.71 bits per heavy atom. The monoisotopic (exact) mass is 308 g/mol. The van der Waals surface area contributed by atoms with E-state index in [-0.39, 0.29) is 18.3 Å². The van der Waals surface area contributed by atoms with Gasteiger partial charge in [-0.2, -0.15) is 0 Å². The number of rotatable bonds is 2. The van der Waals surface area contributed by atoms with Crippen LogP contribution in [0, 0.1) is 11.8 Å². The summed E-state index contributed by atoms with van der Waals surface area (Å²) in [6, 6.07) is 8.79. The van der Waals surface area contributed by atoms with E-state index in [2.05, 4.69) is 36.1 Å². The lowest BCUT2D eigenvalue weighted by Gasteiger charge is -2.37. The molecule has 1 heterocycles. The van der Waals surface area contributed by atoms with E-state index in [4.69, 9.17) is 5.73 Å². The number of carbonyl (C=O) groups excluding carboxylic acids is 1. The molecule has 1 amide bonds. The zero-order valence-corrected chi connectivity index (χ0v) is 13.4. The van der Waals surface area contributed by atoms with Gasteiger partial charge >= 0.3 is 0 Å². The number of nitrogens with zero attached hydrogens (tertiary/aromatic N) is 1. The topological polar surface area (TPSA) is 46.3 Å². The van der Waals surface area contributed by atoms with Crippen LogP contribution in [0.4, 0.5) is 0 Å². The largest absolute Gasteiger partial charge is 0.335 e. The maximum absolute atomic E-state index is 12.9. The molecular weight excluding hydrogens is 284 g/mol. The van der Waals surface area contributed by atoms with E-state index in [1.54, 1.807) is 0 Å². The minimum absolute atomic E-state index is 0. The van der Waals surface area contributed by atoms with Crippen molar-refractivity contribution in [2.75, 3.05) is 6.54 Å². The molecule has 1 aliphatic carbocycles. The number of halogens is 1. The van der Waals surface area contributed by atoms with Crippen molar-refractivity contribution in [1.29, 1.82) is 0 Å². The Labute approximate surface area is 133 Å². The second kappa shape index (κ2) is 6.80. The maximum atomic E-state index is 12.9. The van der Waals surface area contributed by atoms with Gasteiger partial charge in [-0.15, -0.1) is 12.4 Å². The average molecular weight is 309 g/mol. The first kappa shape index (κ1) is 16.3. The first-order valence-electron chi connectivity index (χ1n) is 7.78. The molecule has 1 aliphatic heterocycles. The van der Waals surface area contributed by atoms with E-state index in [9.17, 15) is 4.79 Å². The van der Waals surface area contributed by atoms with Crippen molar-refractivity contribution in [3.8, 4) is 0 Å². The van der Waals surface area contributed by atoms with Gasteiger partial charge in [0.1, 0.15) is 0 Å². The standard InChI is InChI=1S/C17H24N2O.ClH/c1-12-9-13-5-2-3-6-15(13)11-19(12)17(20)16-8-4-7-14(16)10-18;/h2-3,5-6,12,14,16H,4,7-11,18H2,1H3;1H/t12?,14-,16-;/m1./s1. The number of fused-ring (bicyclic) bond motifs is 1. The third-order valence-electron chi connectivity index (χ3n) is 5.07. The summed E-state index contributed by atoms with van der Waals surface area (Å²) in [5.74, 6) is 0.888. The van der Waals surface area contributed by atoms with Crippen molar-refractivity contribution in [1.82, 2.24) is 4.90 Å². The Morgan fingerprint density at radius 2 is 2.00 bits per heavy atom. The van der Waals surface area contributed by atoms with Crippen LogP contribution < -0.4 is 5.73 Å². The van der Waals surface area contributed by atoms with Crippen LogP contribution in [0.15, 0.2) is 24.3 Å². The summed E-state index contributed by atoms with van der Waals surface area (Å²) in [5, 5.41) is 0. The van der Waals surface area contributed by atoms with Crippen LogP contribution in [-0.4, -0.2) is 23.4 Å². The van der Waals surface area contributed by atoms with E-state index >= 15 is 0 Å². The van der Waals surface area contributed by atoms with Crippen molar-refractivity contribution in [3.63, 3.8) is 0 Å². The van der Waals surface area contributed by atoms with E-state index in [1.807, 2.05) is 0 Å². The summed E-state index contributed by atoms with van der Waals surface area (Å²) in [4.78, 5) is 14.9. The summed E-state index contributed by atoms with van der Waals surface area (Å²) < 4.78 is 0. The van der Waals surface area contributed by atoms with Gasteiger partial charge in [-0.1, -0.05) is 30.7 Å². The van der Waals surface area contributed by atoms with Crippen LogP contribution in [0.1, 0.15) is 37.3 Å². The number of hydrogen-bond acceptors (Lipinski definition) is 2. The van der Waals surface area contributed by atoms with E-state index < -0.39 is 0 Å². The van der Waals surface area contributed by atoms with Gasteiger partial charge in [0.15, 0.2) is 0 Å². The third kappa shape index (κ3) is 3.09. The molecule has 1 aromatic carbocycles. The van der Waals surface area contributed by atoms with Gasteiger partial charge in [-0.3, -0.25) is 4.79 Å². The molecule has 0 bridgehead atoms. The molecule has 0 aromatic heterocycles. The van der Waals surface area contributed by atoms with Crippen molar-refractivity contribution in [2.45, 2.75) is 45.2 Å². The fourth-order valence-corrected chi connectivity index (χ4v) is 3.83. The summed E-state index contributed by atoms with van der Waals surface area (Å²) in [6.07, 6.45) is 4.26. The van der Waals surface area contributed by atoms with Crippen LogP contribution >= 0.6 is 12.4 Å². The lowest BCUT2D eigenvalue weighted by atomic mass is 9.90. The van der Waals surface area contributed by atoms with Gasteiger partial charge in [0, 0.05) is 18.5 Å². The Balaban J connectivity index is 0.00000161. The zero-order valence-electron chi connectivity index (χ0n) is 12.6. The van der Waals surface area contributed by atoms with Gasteiger partial charge in [-0.25, -0.2) is 0 Å². The average Bonchev–Trinajstić information content (AvgIpc) is 2.94. The lowest BCUT2D eigenvalue weighted by Crippen LogP contribution is -2.46. The molecule has 0 saturated heterocycles. The highest BCUT2D eigenvalue weighted by atomic mass is 35.5. The molecule has 1 aromatic rings. The molecule has 4 heteroatoms. The number of benzene rings is 1. The number of carbonyl (C=O) groups is 1. The van der Waals surface area contributed by atoms with Crippen LogP contribution in [0.25, 0.3) is 0 Å². The maximum Gasteiger partial charge on any atom is 0.226 e. The van der Waals surface area contributed by atoms with Gasteiger partial charge in [0.2, 0.25) is 5.91 Å². The zero-order chi connectivity index (χ0) is 14.1. The molecule has 0 radical (unpaired) electrons. The van der Waals surface area contributed by atoms with Gasteiger partial charge in [0.05, 0.1) is 0 Å². The summed E-state index contributed by atoms with van der Waals surface area (Å²) >= 11 is 0. The summed E-state index contributed by atoms with van der Waals surface area (Å²) in [5.41, 5.74) is 8.53. The van der Waals surface area contributed by atoms with E-state index in [0.29, 0.717) is 24.4 Å². The van der Waals surface area contributed by atoms with Crippen molar-refractivity contribution >= 4 is 18.3 Å². The molecular formula is C17H25ClN2O. The van der Waals surface area contributed by atoms with Crippen molar-refractivity contribution in [3.05, 3.63) is 35.4 Å². The fourth-order valence-electron chi connectivity index (χ4n) is 3.83. The quantitative estimate of drug-likeness (QED) is 0.913. The minimum atomic E-state index is 0. The second-order valence-corrected chi connectivity index (χ2v) is 6.32. The van der Waals surface area contributed by atoms with E-state index in [1.165, 1.54) is 11.1 Å². The van der Waals surface area contributed by atoms with Crippen LogP contribution in [0.2, 0.25) is 0 Å². The van der Waals surface area contributed by atoms with Crippen LogP contribution in [0.3, 0.4) is 0 Å². The normalized spacial score (nSPS) is 27.9. The predicted octanol–water partition coefficient (Wildman–Crippen LogP) is 2.76. The summed E-state index contributed by atoms with van der Waals surface area (Å²) in [7, 11) is 0. The molecule has 2 N–H and O–H groups in total. The Bertz CT molecular complexity index is 505. The number of hydrogen-bond donors (Lipinski definition) is 1. The highest BCUT2D eigenvalue weighted by molar-refractivity contribution is 5.85. The second-order valence-electron chi connectivity index (χ2n) is 6.32. The first-order chi connectivity index (χ1) is 9.70. The Morgan fingerprint density at radius 1 is 1.29 bits per heavy atom. The molecule has 3 atom stereocenters. The third-order valence-corrected chi connectivity index (χ3v) is 5.07. The van der Waals surface area contributed by atoms with Gasteiger partial charge in [0.25, 0.3) is 0 Å². The SMILES string of the molecule is CC1Cc2ccccc2CN1C(=O)[C@@H]1CCC[C@@H]1CN.Cl. The molecule has 0 spiro atoms. The van der Waals surface area contributed by atoms with Crippen molar-refractivity contribution in [2.24, 2.45) is 17.6 Å². The van der Waals surface area contributed by atoms with Crippen LogP contribution in [0.5, 0.6) is 0 Å². The van der Waals surface area contributed by atoms with Gasteiger partial charge in [-0.05, 0) is 49.8 Å². The molecule has 1 saturated carbocycles. The summed E-state index contributed by atoms with van der Waals surface area (Å²) in [6.45, 7) is 3.58. The molecule has 1 unspecified atom stereocenters. The number of amides is 1. The highest BCUT2D eigenvalue weighted by Crippen LogP contribution is 2.34. The predicted molar refractivity (Wildman–Crippen MR) is 87.3 cm³/mol. The minimum Gasteiger partial charge on any atom is -0.335 e.